The second-order valence-corrected chi connectivity index (χ2v) is 4.86. The van der Waals surface area contributed by atoms with E-state index in [2.05, 4.69) is 0 Å². The summed E-state index contributed by atoms with van der Waals surface area (Å²) in [7, 11) is 0. The van der Waals surface area contributed by atoms with Crippen LogP contribution >= 0.6 is 0 Å². The summed E-state index contributed by atoms with van der Waals surface area (Å²) in [6.45, 7) is 0.240. The number of Topliss-reactive ketones (excluding diaryl/α,β-unsaturated/α-hetero) is 1. The van der Waals surface area contributed by atoms with E-state index in [1.165, 1.54) is 6.07 Å². The molecule has 0 bridgehead atoms. The number of fused-ring (bicyclic) bond motifs is 1. The summed E-state index contributed by atoms with van der Waals surface area (Å²) in [6, 6.07) is 4.14. The first-order chi connectivity index (χ1) is 9.15. The van der Waals surface area contributed by atoms with E-state index >= 15 is 0 Å². The second kappa shape index (κ2) is 4.61. The monoisotopic (exact) mass is 261 g/mol. The van der Waals surface area contributed by atoms with Gasteiger partial charge in [-0.3, -0.25) is 4.79 Å². The lowest BCUT2D eigenvalue weighted by Gasteiger charge is -2.07. The van der Waals surface area contributed by atoms with E-state index in [4.69, 9.17) is 0 Å². The van der Waals surface area contributed by atoms with E-state index in [0.29, 0.717) is 12.0 Å². The van der Waals surface area contributed by atoms with Crippen LogP contribution in [0.5, 0.6) is 0 Å². The molecule has 0 fully saturated rings. The van der Waals surface area contributed by atoms with Crippen molar-refractivity contribution in [1.82, 2.24) is 4.57 Å². The van der Waals surface area contributed by atoms with E-state index < -0.39 is 11.6 Å². The van der Waals surface area contributed by atoms with E-state index in [1.54, 1.807) is 16.8 Å². The Bertz CT molecular complexity index is 646. The van der Waals surface area contributed by atoms with Crippen molar-refractivity contribution in [3.05, 3.63) is 58.9 Å². The zero-order chi connectivity index (χ0) is 13.4. The first-order valence-electron chi connectivity index (χ1n) is 6.30. The predicted molar refractivity (Wildman–Crippen MR) is 67.2 cm³/mol. The minimum Gasteiger partial charge on any atom is -0.349 e. The Balaban J connectivity index is 1.92. The maximum absolute atomic E-state index is 13.6. The molecule has 0 N–H and O–H groups in total. The summed E-state index contributed by atoms with van der Waals surface area (Å²) in [4.78, 5) is 11.7. The van der Waals surface area contributed by atoms with Crippen LogP contribution in [0, 0.1) is 11.6 Å². The Hall–Kier alpha value is -1.97. The highest BCUT2D eigenvalue weighted by atomic mass is 19.2. The first kappa shape index (κ1) is 12.1. The standard InChI is InChI=1S/C15H13F2NO/c16-13-5-1-4-11(15(13)17)8-18-7-10-3-2-6-14(19)12(10)9-18/h1,4-5,7,9H,2-3,6,8H2. The molecule has 0 aliphatic heterocycles. The highest BCUT2D eigenvalue weighted by molar-refractivity contribution is 5.98. The second-order valence-electron chi connectivity index (χ2n) is 4.86. The summed E-state index contributed by atoms with van der Waals surface area (Å²) in [6.07, 6.45) is 5.91. The molecule has 3 rings (SSSR count). The van der Waals surface area contributed by atoms with Gasteiger partial charge in [-0.25, -0.2) is 8.78 Å². The molecule has 19 heavy (non-hydrogen) atoms. The molecule has 0 unspecified atom stereocenters. The van der Waals surface area contributed by atoms with Crippen LogP contribution in [0.4, 0.5) is 8.78 Å². The maximum Gasteiger partial charge on any atom is 0.164 e. The van der Waals surface area contributed by atoms with Gasteiger partial charge >= 0.3 is 0 Å². The molecule has 0 radical (unpaired) electrons. The Morgan fingerprint density at radius 3 is 2.79 bits per heavy atom. The largest absolute Gasteiger partial charge is 0.349 e. The smallest absolute Gasteiger partial charge is 0.164 e. The first-order valence-corrected chi connectivity index (χ1v) is 6.30. The minimum atomic E-state index is -0.842. The summed E-state index contributed by atoms with van der Waals surface area (Å²) >= 11 is 0. The Morgan fingerprint density at radius 1 is 1.16 bits per heavy atom. The number of ketones is 1. The van der Waals surface area contributed by atoms with Crippen LogP contribution in [0.3, 0.4) is 0 Å². The van der Waals surface area contributed by atoms with Crippen LogP contribution < -0.4 is 0 Å². The van der Waals surface area contributed by atoms with Crippen LogP contribution in [0.2, 0.25) is 0 Å². The van der Waals surface area contributed by atoms with Gasteiger partial charge in [-0.2, -0.15) is 0 Å². The van der Waals surface area contributed by atoms with Gasteiger partial charge in [0.2, 0.25) is 0 Å². The molecule has 0 saturated carbocycles. The van der Waals surface area contributed by atoms with Gasteiger partial charge in [-0.15, -0.1) is 0 Å². The highest BCUT2D eigenvalue weighted by Gasteiger charge is 2.19. The summed E-state index contributed by atoms with van der Waals surface area (Å²) in [5.41, 5.74) is 2.02. The predicted octanol–water partition coefficient (Wildman–Crippen LogP) is 3.33. The van der Waals surface area contributed by atoms with Crippen LogP contribution in [0.1, 0.15) is 34.3 Å². The van der Waals surface area contributed by atoms with Crippen molar-refractivity contribution in [3.63, 3.8) is 0 Å². The number of carbonyl (C=O) groups is 1. The van der Waals surface area contributed by atoms with Gasteiger partial charge in [0.15, 0.2) is 17.4 Å². The average Bonchev–Trinajstić information content (AvgIpc) is 2.79. The third-order valence-corrected chi connectivity index (χ3v) is 3.50. The molecule has 98 valence electrons. The average molecular weight is 261 g/mol. The minimum absolute atomic E-state index is 0.139. The number of halogens is 2. The van der Waals surface area contributed by atoms with Gasteiger partial charge in [-0.1, -0.05) is 12.1 Å². The quantitative estimate of drug-likeness (QED) is 0.812. The normalized spacial score (nSPS) is 14.5. The molecule has 1 heterocycles. The van der Waals surface area contributed by atoms with Crippen molar-refractivity contribution in [2.75, 3.05) is 0 Å². The zero-order valence-corrected chi connectivity index (χ0v) is 10.3. The third-order valence-electron chi connectivity index (χ3n) is 3.50. The van der Waals surface area contributed by atoms with Crippen molar-refractivity contribution in [2.45, 2.75) is 25.8 Å². The molecule has 0 saturated heterocycles. The highest BCUT2D eigenvalue weighted by Crippen LogP contribution is 2.23. The molecule has 1 aliphatic rings. The molecular formula is C15H13F2NO. The molecule has 2 nitrogen and oxygen atoms in total. The van der Waals surface area contributed by atoms with Gasteiger partial charge in [0, 0.05) is 29.9 Å². The van der Waals surface area contributed by atoms with E-state index in [1.807, 2.05) is 6.20 Å². The number of nitrogens with zero attached hydrogens (tertiary/aromatic N) is 1. The van der Waals surface area contributed by atoms with Gasteiger partial charge in [0.25, 0.3) is 0 Å². The van der Waals surface area contributed by atoms with Crippen molar-refractivity contribution in [2.24, 2.45) is 0 Å². The zero-order valence-electron chi connectivity index (χ0n) is 10.3. The molecule has 4 heteroatoms. The Morgan fingerprint density at radius 2 is 2.00 bits per heavy atom. The number of rotatable bonds is 2. The summed E-state index contributed by atoms with van der Waals surface area (Å²) in [5.74, 6) is -1.52. The lowest BCUT2D eigenvalue weighted by atomic mass is 9.95. The number of aryl methyl sites for hydroxylation is 1. The van der Waals surface area contributed by atoms with Gasteiger partial charge in [0.1, 0.15) is 0 Å². The Labute approximate surface area is 109 Å². The van der Waals surface area contributed by atoms with Gasteiger partial charge in [-0.05, 0) is 24.5 Å². The molecule has 1 aliphatic carbocycles. The van der Waals surface area contributed by atoms with Crippen LogP contribution in [0.15, 0.2) is 30.6 Å². The van der Waals surface area contributed by atoms with Crippen LogP contribution in [-0.2, 0) is 13.0 Å². The van der Waals surface area contributed by atoms with Gasteiger partial charge in [0.05, 0.1) is 6.54 Å². The topological polar surface area (TPSA) is 22.0 Å². The summed E-state index contributed by atoms with van der Waals surface area (Å²) < 4.78 is 28.5. The third kappa shape index (κ3) is 2.18. The fourth-order valence-electron chi connectivity index (χ4n) is 2.54. The van der Waals surface area contributed by atoms with Gasteiger partial charge < -0.3 is 4.57 Å². The lowest BCUT2D eigenvalue weighted by molar-refractivity contribution is 0.0973. The van der Waals surface area contributed by atoms with Crippen LogP contribution in [-0.4, -0.2) is 10.4 Å². The number of hydrogen-bond donors (Lipinski definition) is 0. The van der Waals surface area contributed by atoms with E-state index in [-0.39, 0.29) is 12.3 Å². The van der Waals surface area contributed by atoms with Crippen molar-refractivity contribution in [1.29, 1.82) is 0 Å². The van der Waals surface area contributed by atoms with E-state index in [9.17, 15) is 13.6 Å². The van der Waals surface area contributed by atoms with Crippen molar-refractivity contribution < 1.29 is 13.6 Å². The SMILES string of the molecule is O=C1CCCc2cn(Cc3cccc(F)c3F)cc21. The van der Waals surface area contributed by atoms with Crippen molar-refractivity contribution in [3.8, 4) is 0 Å². The lowest BCUT2D eigenvalue weighted by Crippen LogP contribution is -2.07. The number of carbonyl (C=O) groups excluding carboxylic acids is 1. The number of benzene rings is 1. The van der Waals surface area contributed by atoms with E-state index in [0.717, 1.165) is 30.0 Å². The molecule has 0 atom stereocenters. The number of hydrogen-bond acceptors (Lipinski definition) is 1. The number of aromatic nitrogens is 1. The fourth-order valence-corrected chi connectivity index (χ4v) is 2.54. The van der Waals surface area contributed by atoms with Crippen LogP contribution in [0.25, 0.3) is 0 Å². The molecule has 0 amide bonds. The molecule has 1 aromatic heterocycles. The molecular weight excluding hydrogens is 248 g/mol. The Kier molecular flexibility index (Phi) is 2.93. The van der Waals surface area contributed by atoms with Crippen molar-refractivity contribution >= 4 is 5.78 Å². The maximum atomic E-state index is 13.6. The summed E-state index contributed by atoms with van der Waals surface area (Å²) in [5, 5.41) is 0. The molecule has 2 aromatic rings. The molecule has 1 aromatic carbocycles. The fraction of sp³-hybridized carbons (Fsp3) is 0.267. The molecule has 0 spiro atoms.